The first-order valence-electron chi connectivity index (χ1n) is 11.6. The first-order valence-corrected chi connectivity index (χ1v) is 11.6. The van der Waals surface area contributed by atoms with E-state index >= 15 is 0 Å². The molecule has 8 heteroatoms. The third kappa shape index (κ3) is 3.59. The highest BCUT2D eigenvalue weighted by Crippen LogP contribution is 2.37. The average Bonchev–Trinajstić information content (AvgIpc) is 3.51. The molecule has 0 bridgehead atoms. The number of urea groups is 1. The van der Waals surface area contributed by atoms with E-state index in [0.29, 0.717) is 31.4 Å². The van der Waals surface area contributed by atoms with E-state index < -0.39 is 0 Å². The summed E-state index contributed by atoms with van der Waals surface area (Å²) in [6.07, 6.45) is 9.21. The number of likely N-dealkylation sites (tertiary alicyclic amines) is 2. The summed E-state index contributed by atoms with van der Waals surface area (Å²) >= 11 is 0. The number of amides is 3. The van der Waals surface area contributed by atoms with Crippen LogP contribution in [-0.4, -0.2) is 69.3 Å². The van der Waals surface area contributed by atoms with Crippen molar-refractivity contribution in [3.63, 3.8) is 0 Å². The molecule has 5 rings (SSSR count). The molecule has 0 atom stereocenters. The van der Waals surface area contributed by atoms with E-state index in [9.17, 15) is 9.59 Å². The van der Waals surface area contributed by atoms with Crippen molar-refractivity contribution in [2.24, 2.45) is 7.05 Å². The molecule has 2 saturated heterocycles. The van der Waals surface area contributed by atoms with Crippen LogP contribution in [0.25, 0.3) is 0 Å². The number of hydrogen-bond acceptors (Lipinski definition) is 4. The van der Waals surface area contributed by atoms with Gasteiger partial charge < -0.3 is 19.9 Å². The standard InChI is InChI=1S/C22H33N5O3/c1-25-18-14-22(8-12-27(13-9-22)21(29)23-16-6-2-3-7-16)30-15-17(18)19(24-25)20(28)26-10-4-5-11-26/h16H,2-15H2,1H3,(H,23,29). The monoisotopic (exact) mass is 415 g/mol. The van der Waals surface area contributed by atoms with Gasteiger partial charge in [0.25, 0.3) is 5.91 Å². The molecule has 8 nitrogen and oxygen atoms in total. The number of rotatable bonds is 2. The van der Waals surface area contributed by atoms with Crippen LogP contribution in [0.4, 0.5) is 4.79 Å². The predicted octanol–water partition coefficient (Wildman–Crippen LogP) is 2.22. The van der Waals surface area contributed by atoms with Gasteiger partial charge in [-0.1, -0.05) is 12.8 Å². The van der Waals surface area contributed by atoms with Gasteiger partial charge >= 0.3 is 6.03 Å². The summed E-state index contributed by atoms with van der Waals surface area (Å²) in [7, 11) is 1.93. The highest BCUT2D eigenvalue weighted by atomic mass is 16.5. The number of hydrogen-bond donors (Lipinski definition) is 1. The molecule has 1 aromatic rings. The minimum absolute atomic E-state index is 0.0438. The molecule has 30 heavy (non-hydrogen) atoms. The molecule has 4 heterocycles. The third-order valence-electron chi connectivity index (χ3n) is 7.53. The van der Waals surface area contributed by atoms with Crippen molar-refractivity contribution in [3.05, 3.63) is 17.0 Å². The molecule has 1 aliphatic carbocycles. The van der Waals surface area contributed by atoms with Gasteiger partial charge in [0.1, 0.15) is 0 Å². The topological polar surface area (TPSA) is 79.7 Å². The van der Waals surface area contributed by atoms with Crippen LogP contribution in [0, 0.1) is 0 Å². The zero-order valence-electron chi connectivity index (χ0n) is 18.0. The van der Waals surface area contributed by atoms with E-state index in [4.69, 9.17) is 4.74 Å². The molecular formula is C22H33N5O3. The fourth-order valence-electron chi connectivity index (χ4n) is 5.57. The van der Waals surface area contributed by atoms with E-state index in [1.165, 1.54) is 12.8 Å². The van der Waals surface area contributed by atoms with Crippen LogP contribution >= 0.6 is 0 Å². The molecule has 1 N–H and O–H groups in total. The first-order chi connectivity index (χ1) is 14.5. The van der Waals surface area contributed by atoms with Crippen molar-refractivity contribution < 1.29 is 14.3 Å². The summed E-state index contributed by atoms with van der Waals surface area (Å²) < 4.78 is 8.26. The molecule has 1 aromatic heterocycles. The van der Waals surface area contributed by atoms with Gasteiger partial charge in [-0.15, -0.1) is 0 Å². The fourth-order valence-corrected chi connectivity index (χ4v) is 5.57. The number of piperidine rings is 1. The molecule has 0 radical (unpaired) electrons. The highest BCUT2D eigenvalue weighted by Gasteiger charge is 2.43. The van der Waals surface area contributed by atoms with Crippen molar-refractivity contribution >= 4 is 11.9 Å². The maximum absolute atomic E-state index is 12.9. The summed E-state index contributed by atoms with van der Waals surface area (Å²) in [5.74, 6) is 0.0438. The van der Waals surface area contributed by atoms with Gasteiger partial charge in [-0.05, 0) is 38.5 Å². The largest absolute Gasteiger partial charge is 0.370 e. The van der Waals surface area contributed by atoms with Crippen LogP contribution in [-0.2, 0) is 24.8 Å². The van der Waals surface area contributed by atoms with Gasteiger partial charge in [-0.25, -0.2) is 4.79 Å². The third-order valence-corrected chi connectivity index (χ3v) is 7.53. The Hall–Kier alpha value is -2.09. The molecule has 1 saturated carbocycles. The number of carbonyl (C=O) groups excluding carboxylic acids is 2. The number of aryl methyl sites for hydroxylation is 1. The zero-order chi connectivity index (χ0) is 20.7. The Balaban J connectivity index is 1.24. The molecule has 0 unspecified atom stereocenters. The number of fused-ring (bicyclic) bond motifs is 1. The summed E-state index contributed by atoms with van der Waals surface area (Å²) in [6, 6.07) is 0.426. The summed E-state index contributed by atoms with van der Waals surface area (Å²) in [5.41, 5.74) is 2.39. The van der Waals surface area contributed by atoms with E-state index in [-0.39, 0.29) is 17.5 Å². The summed E-state index contributed by atoms with van der Waals surface area (Å²) in [4.78, 5) is 29.4. The lowest BCUT2D eigenvalue weighted by Crippen LogP contribution is -2.53. The first kappa shape index (κ1) is 19.8. The normalized spacial score (nSPS) is 23.8. The number of nitrogens with zero attached hydrogens (tertiary/aromatic N) is 4. The maximum atomic E-state index is 12.9. The van der Waals surface area contributed by atoms with Crippen LogP contribution in [0.3, 0.4) is 0 Å². The van der Waals surface area contributed by atoms with Gasteiger partial charge in [-0.2, -0.15) is 5.10 Å². The van der Waals surface area contributed by atoms with Crippen LogP contribution < -0.4 is 5.32 Å². The Kier molecular flexibility index (Phi) is 5.21. The lowest BCUT2D eigenvalue weighted by atomic mass is 9.83. The quantitative estimate of drug-likeness (QED) is 0.803. The Morgan fingerprint density at radius 2 is 1.73 bits per heavy atom. The van der Waals surface area contributed by atoms with E-state index in [0.717, 1.165) is 69.3 Å². The number of nitrogens with one attached hydrogen (secondary N) is 1. The van der Waals surface area contributed by atoms with Crippen molar-refractivity contribution in [2.75, 3.05) is 26.2 Å². The van der Waals surface area contributed by atoms with Crippen molar-refractivity contribution in [1.82, 2.24) is 24.9 Å². The Morgan fingerprint density at radius 3 is 2.43 bits per heavy atom. The van der Waals surface area contributed by atoms with Gasteiger partial charge in [-0.3, -0.25) is 9.48 Å². The number of carbonyl (C=O) groups is 2. The van der Waals surface area contributed by atoms with E-state index in [2.05, 4.69) is 10.4 Å². The Morgan fingerprint density at radius 1 is 1.03 bits per heavy atom. The predicted molar refractivity (Wildman–Crippen MR) is 111 cm³/mol. The second-order valence-corrected chi connectivity index (χ2v) is 9.46. The minimum atomic E-state index is -0.251. The Labute approximate surface area is 177 Å². The van der Waals surface area contributed by atoms with E-state index in [1.54, 1.807) is 0 Å². The number of ether oxygens (including phenoxy) is 1. The second-order valence-electron chi connectivity index (χ2n) is 9.46. The lowest BCUT2D eigenvalue weighted by Gasteiger charge is -2.44. The van der Waals surface area contributed by atoms with Crippen molar-refractivity contribution in [3.8, 4) is 0 Å². The van der Waals surface area contributed by atoms with Crippen LogP contribution in [0.1, 0.15) is 73.1 Å². The lowest BCUT2D eigenvalue weighted by molar-refractivity contribution is -0.0983. The second kappa shape index (κ2) is 7.87. The summed E-state index contributed by atoms with van der Waals surface area (Å²) in [5, 5.41) is 7.78. The van der Waals surface area contributed by atoms with Crippen molar-refractivity contribution in [2.45, 2.75) is 76.0 Å². The van der Waals surface area contributed by atoms with Gasteiger partial charge in [0, 0.05) is 56.9 Å². The molecule has 4 aliphatic rings. The van der Waals surface area contributed by atoms with Gasteiger partial charge in [0.2, 0.25) is 0 Å². The molecule has 0 aromatic carbocycles. The van der Waals surface area contributed by atoms with Crippen LogP contribution in [0.15, 0.2) is 0 Å². The number of aromatic nitrogens is 2. The maximum Gasteiger partial charge on any atom is 0.317 e. The van der Waals surface area contributed by atoms with Crippen LogP contribution in [0.5, 0.6) is 0 Å². The Bertz CT molecular complexity index is 815. The smallest absolute Gasteiger partial charge is 0.317 e. The molecule has 3 fully saturated rings. The molecule has 164 valence electrons. The molecule has 1 spiro atoms. The molecule has 3 amide bonds. The van der Waals surface area contributed by atoms with Gasteiger partial charge in [0.15, 0.2) is 5.69 Å². The minimum Gasteiger partial charge on any atom is -0.370 e. The van der Waals surface area contributed by atoms with Crippen LogP contribution in [0.2, 0.25) is 0 Å². The SMILES string of the molecule is Cn1nc(C(=O)N2CCCC2)c2c1CC1(CCN(C(=O)NC3CCCC3)CC1)OC2. The molecular weight excluding hydrogens is 382 g/mol. The highest BCUT2D eigenvalue weighted by molar-refractivity contribution is 5.94. The van der Waals surface area contributed by atoms with E-state index in [1.807, 2.05) is 21.5 Å². The fraction of sp³-hybridized carbons (Fsp3) is 0.773. The van der Waals surface area contributed by atoms with Gasteiger partial charge in [0.05, 0.1) is 12.2 Å². The average molecular weight is 416 g/mol. The zero-order valence-corrected chi connectivity index (χ0v) is 18.0. The molecule has 3 aliphatic heterocycles. The summed E-state index contributed by atoms with van der Waals surface area (Å²) in [6.45, 7) is 3.52. The van der Waals surface area contributed by atoms with Crippen molar-refractivity contribution in [1.29, 1.82) is 0 Å².